The van der Waals surface area contributed by atoms with E-state index in [0.29, 0.717) is 0 Å². The van der Waals surface area contributed by atoms with E-state index < -0.39 is 0 Å². The number of rotatable bonds is 0. The van der Waals surface area contributed by atoms with Crippen LogP contribution in [-0.2, 0) is 4.74 Å². The summed E-state index contributed by atoms with van der Waals surface area (Å²) in [4.78, 5) is 0. The predicted molar refractivity (Wildman–Crippen MR) is 64.4 cm³/mol. The molecule has 0 aromatic heterocycles. The van der Waals surface area contributed by atoms with Crippen LogP contribution in [0.5, 0.6) is 0 Å². The Kier molecular flexibility index (Phi) is 2.74. The molecule has 2 heterocycles. The monoisotopic (exact) mass is 227 g/mol. The van der Waals surface area contributed by atoms with E-state index in [-0.39, 0.29) is 11.2 Å². The van der Waals surface area contributed by atoms with Crippen molar-refractivity contribution in [3.8, 4) is 0 Å². The highest BCUT2D eigenvalue weighted by atomic mass is 32.2. The number of hydrogen-bond donors (Lipinski definition) is 1. The maximum Gasteiger partial charge on any atom is 0.0830 e. The summed E-state index contributed by atoms with van der Waals surface area (Å²) in [5.74, 6) is 2.58. The maximum atomic E-state index is 6.59. The quantitative estimate of drug-likeness (QED) is 0.685. The second-order valence-corrected chi connectivity index (χ2v) is 6.62. The standard InChI is InChI=1S/C12H21NOS/c1-2-4-11(3-1)9-13-10-12(14-11)5-7-15-8-6-12/h13H,1-10H2. The van der Waals surface area contributed by atoms with Crippen LogP contribution in [0.4, 0.5) is 0 Å². The van der Waals surface area contributed by atoms with Gasteiger partial charge in [0.2, 0.25) is 0 Å². The lowest BCUT2D eigenvalue weighted by atomic mass is 9.89. The zero-order valence-electron chi connectivity index (χ0n) is 9.39. The lowest BCUT2D eigenvalue weighted by molar-refractivity contribution is -0.178. The summed E-state index contributed by atoms with van der Waals surface area (Å²) in [6, 6.07) is 0. The molecule has 1 aliphatic carbocycles. The predicted octanol–water partition coefficient (Wildman–Crippen LogP) is 2.18. The van der Waals surface area contributed by atoms with E-state index in [0.717, 1.165) is 13.1 Å². The lowest BCUT2D eigenvalue weighted by Gasteiger charge is -2.49. The van der Waals surface area contributed by atoms with E-state index in [1.807, 2.05) is 0 Å². The summed E-state index contributed by atoms with van der Waals surface area (Å²) >= 11 is 2.09. The summed E-state index contributed by atoms with van der Waals surface area (Å²) in [5.41, 5.74) is 0.425. The van der Waals surface area contributed by atoms with Crippen LogP contribution >= 0.6 is 11.8 Å². The molecule has 3 fully saturated rings. The Morgan fingerprint density at radius 3 is 2.13 bits per heavy atom. The second-order valence-electron chi connectivity index (χ2n) is 5.39. The van der Waals surface area contributed by atoms with E-state index in [1.54, 1.807) is 0 Å². The van der Waals surface area contributed by atoms with Gasteiger partial charge >= 0.3 is 0 Å². The van der Waals surface area contributed by atoms with E-state index in [9.17, 15) is 0 Å². The molecule has 2 spiro atoms. The van der Waals surface area contributed by atoms with Crippen LogP contribution in [0.25, 0.3) is 0 Å². The maximum absolute atomic E-state index is 6.59. The zero-order chi connectivity index (χ0) is 10.2. The van der Waals surface area contributed by atoms with Crippen molar-refractivity contribution in [3.63, 3.8) is 0 Å². The molecule has 0 aromatic rings. The van der Waals surface area contributed by atoms with Gasteiger partial charge in [-0.2, -0.15) is 11.8 Å². The minimum atomic E-state index is 0.202. The number of nitrogens with one attached hydrogen (secondary N) is 1. The van der Waals surface area contributed by atoms with Gasteiger partial charge in [0.05, 0.1) is 11.2 Å². The Bertz CT molecular complexity index is 226. The van der Waals surface area contributed by atoms with Gasteiger partial charge in [-0.3, -0.25) is 0 Å². The van der Waals surface area contributed by atoms with Gasteiger partial charge in [0.1, 0.15) is 0 Å². The highest BCUT2D eigenvalue weighted by molar-refractivity contribution is 7.99. The van der Waals surface area contributed by atoms with Crippen molar-refractivity contribution >= 4 is 11.8 Å². The first kappa shape index (κ1) is 10.4. The second kappa shape index (κ2) is 3.94. The van der Waals surface area contributed by atoms with Crippen LogP contribution in [0.15, 0.2) is 0 Å². The van der Waals surface area contributed by atoms with Gasteiger partial charge in [-0.05, 0) is 37.2 Å². The van der Waals surface area contributed by atoms with Crippen molar-refractivity contribution in [3.05, 3.63) is 0 Å². The van der Waals surface area contributed by atoms with Crippen LogP contribution in [0.3, 0.4) is 0 Å². The molecular weight excluding hydrogens is 206 g/mol. The summed E-state index contributed by atoms with van der Waals surface area (Å²) in [6.07, 6.45) is 7.82. The molecule has 0 amide bonds. The van der Waals surface area contributed by atoms with Gasteiger partial charge in [-0.25, -0.2) is 0 Å². The summed E-state index contributed by atoms with van der Waals surface area (Å²) in [5, 5.41) is 3.64. The van der Waals surface area contributed by atoms with Crippen LogP contribution in [0.2, 0.25) is 0 Å². The van der Waals surface area contributed by atoms with E-state index >= 15 is 0 Å². The average molecular weight is 227 g/mol. The number of thioether (sulfide) groups is 1. The third-order valence-corrected chi connectivity index (χ3v) is 5.23. The Morgan fingerprint density at radius 1 is 0.867 bits per heavy atom. The Hall–Kier alpha value is 0.270. The first-order chi connectivity index (χ1) is 7.33. The van der Waals surface area contributed by atoms with Gasteiger partial charge in [0.15, 0.2) is 0 Å². The highest BCUT2D eigenvalue weighted by Crippen LogP contribution is 2.42. The van der Waals surface area contributed by atoms with E-state index in [4.69, 9.17) is 4.74 Å². The minimum absolute atomic E-state index is 0.202. The average Bonchev–Trinajstić information content (AvgIpc) is 2.67. The normalized spacial score (nSPS) is 33.6. The Morgan fingerprint density at radius 2 is 1.47 bits per heavy atom. The SMILES string of the molecule is C1CCC2(C1)CNCC1(CCSCC1)O2. The zero-order valence-corrected chi connectivity index (χ0v) is 10.2. The largest absolute Gasteiger partial charge is 0.366 e. The minimum Gasteiger partial charge on any atom is -0.366 e. The molecule has 0 bridgehead atoms. The van der Waals surface area contributed by atoms with E-state index in [2.05, 4.69) is 17.1 Å². The van der Waals surface area contributed by atoms with Crippen molar-refractivity contribution in [1.29, 1.82) is 0 Å². The van der Waals surface area contributed by atoms with Gasteiger partial charge in [0, 0.05) is 13.1 Å². The van der Waals surface area contributed by atoms with Gasteiger partial charge in [-0.1, -0.05) is 12.8 Å². The molecular formula is C12H21NOS. The fourth-order valence-electron chi connectivity index (χ4n) is 3.37. The summed E-state index contributed by atoms with van der Waals surface area (Å²) in [6.45, 7) is 2.19. The first-order valence-corrected chi connectivity index (χ1v) is 7.47. The van der Waals surface area contributed by atoms with Crippen molar-refractivity contribution in [1.82, 2.24) is 5.32 Å². The third kappa shape index (κ3) is 1.94. The molecule has 3 aliphatic rings. The molecule has 0 aromatic carbocycles. The molecule has 86 valence electrons. The lowest BCUT2D eigenvalue weighted by Crippen LogP contribution is -2.60. The smallest absolute Gasteiger partial charge is 0.0830 e. The molecule has 0 atom stereocenters. The van der Waals surface area contributed by atoms with Crippen molar-refractivity contribution in [2.45, 2.75) is 49.7 Å². The molecule has 3 rings (SSSR count). The van der Waals surface area contributed by atoms with Gasteiger partial charge in [0.25, 0.3) is 0 Å². The van der Waals surface area contributed by atoms with Gasteiger partial charge < -0.3 is 10.1 Å². The van der Waals surface area contributed by atoms with Crippen molar-refractivity contribution in [2.24, 2.45) is 0 Å². The van der Waals surface area contributed by atoms with Crippen LogP contribution in [-0.4, -0.2) is 35.8 Å². The number of ether oxygens (including phenoxy) is 1. The van der Waals surface area contributed by atoms with Crippen LogP contribution in [0, 0.1) is 0 Å². The number of hydrogen-bond acceptors (Lipinski definition) is 3. The first-order valence-electron chi connectivity index (χ1n) is 6.31. The molecule has 15 heavy (non-hydrogen) atoms. The Balaban J connectivity index is 1.74. The Labute approximate surface area is 96.5 Å². The molecule has 3 heteroatoms. The molecule has 2 nitrogen and oxygen atoms in total. The third-order valence-electron chi connectivity index (χ3n) is 4.25. The fraction of sp³-hybridized carbons (Fsp3) is 1.00. The molecule has 1 saturated carbocycles. The van der Waals surface area contributed by atoms with E-state index in [1.165, 1.54) is 50.0 Å². The molecule has 2 saturated heterocycles. The van der Waals surface area contributed by atoms with Crippen molar-refractivity contribution < 1.29 is 4.74 Å². The molecule has 1 N–H and O–H groups in total. The highest BCUT2D eigenvalue weighted by Gasteiger charge is 2.47. The molecule has 0 radical (unpaired) electrons. The number of morpholine rings is 1. The van der Waals surface area contributed by atoms with Crippen LogP contribution in [0.1, 0.15) is 38.5 Å². The fourth-order valence-corrected chi connectivity index (χ4v) is 4.61. The van der Waals surface area contributed by atoms with Crippen molar-refractivity contribution in [2.75, 3.05) is 24.6 Å². The molecule has 2 aliphatic heterocycles. The molecule has 0 unspecified atom stereocenters. The van der Waals surface area contributed by atoms with Gasteiger partial charge in [-0.15, -0.1) is 0 Å². The summed E-state index contributed by atoms with van der Waals surface area (Å²) in [7, 11) is 0. The van der Waals surface area contributed by atoms with Crippen LogP contribution < -0.4 is 5.32 Å². The summed E-state index contributed by atoms with van der Waals surface area (Å²) < 4.78 is 6.59. The topological polar surface area (TPSA) is 21.3 Å².